The molecule has 0 aromatic heterocycles. The summed E-state index contributed by atoms with van der Waals surface area (Å²) in [4.78, 5) is 23.2. The molecular weight excluding hydrogens is 276 g/mol. The van der Waals surface area contributed by atoms with Crippen LogP contribution in [0.25, 0.3) is 0 Å². The maximum absolute atomic E-state index is 11.9. The Hall–Kier alpha value is -1.23. The second-order valence-corrected chi connectivity index (χ2v) is 6.15. The molecule has 1 aliphatic heterocycles. The summed E-state index contributed by atoms with van der Waals surface area (Å²) in [6, 6.07) is 0. The van der Waals surface area contributed by atoms with Gasteiger partial charge in [-0.2, -0.15) is 0 Å². The summed E-state index contributed by atoms with van der Waals surface area (Å²) < 4.78 is 10.2. The van der Waals surface area contributed by atoms with Crippen molar-refractivity contribution in [2.45, 2.75) is 44.0 Å². The number of ether oxygens (including phenoxy) is 2. The fourth-order valence-corrected chi connectivity index (χ4v) is 3.83. The fourth-order valence-electron chi connectivity index (χ4n) is 2.57. The highest BCUT2D eigenvalue weighted by Crippen LogP contribution is 2.37. The number of thioether (sulfide) groups is 1. The minimum Gasteiger partial charge on any atom is -0.468 e. The standard InChI is InChI=1S/C15H20O4S/c1-3-6-12(20-9-13(16)18-2)14-10-7-4-5-8-11(10)15(17)19-14/h5,8,12,14H,3-4,6-7,9H2,1-2H3. The van der Waals surface area contributed by atoms with Crippen molar-refractivity contribution in [1.82, 2.24) is 0 Å². The molecule has 0 aromatic rings. The molecule has 1 heterocycles. The quantitative estimate of drug-likeness (QED) is 0.705. The molecule has 2 rings (SSSR count). The molecule has 0 aromatic carbocycles. The van der Waals surface area contributed by atoms with E-state index >= 15 is 0 Å². The predicted octanol–water partition coefficient (Wildman–Crippen LogP) is 2.63. The highest BCUT2D eigenvalue weighted by Gasteiger charge is 2.38. The van der Waals surface area contributed by atoms with E-state index in [1.165, 1.54) is 18.9 Å². The minimum absolute atomic E-state index is 0.127. The van der Waals surface area contributed by atoms with Gasteiger partial charge in [0.1, 0.15) is 6.10 Å². The van der Waals surface area contributed by atoms with Gasteiger partial charge in [0.05, 0.1) is 18.4 Å². The zero-order chi connectivity index (χ0) is 14.5. The molecule has 0 amide bonds. The Balaban J connectivity index is 2.09. The van der Waals surface area contributed by atoms with Crippen LogP contribution >= 0.6 is 11.8 Å². The van der Waals surface area contributed by atoms with Crippen LogP contribution in [0, 0.1) is 0 Å². The number of carbonyl (C=O) groups excluding carboxylic acids is 2. The second-order valence-electron chi connectivity index (χ2n) is 4.92. The zero-order valence-electron chi connectivity index (χ0n) is 11.9. The zero-order valence-corrected chi connectivity index (χ0v) is 12.7. The summed E-state index contributed by atoms with van der Waals surface area (Å²) in [7, 11) is 1.39. The topological polar surface area (TPSA) is 52.6 Å². The lowest BCUT2D eigenvalue weighted by Crippen LogP contribution is -2.27. The van der Waals surface area contributed by atoms with Crippen molar-refractivity contribution in [3.63, 3.8) is 0 Å². The number of methoxy groups -OCH3 is 1. The van der Waals surface area contributed by atoms with Crippen molar-refractivity contribution in [3.05, 3.63) is 23.3 Å². The second kappa shape index (κ2) is 6.97. The molecule has 5 heteroatoms. The Morgan fingerprint density at radius 3 is 3.10 bits per heavy atom. The minimum atomic E-state index is -0.238. The molecule has 110 valence electrons. The average molecular weight is 296 g/mol. The van der Waals surface area contributed by atoms with Crippen LogP contribution in [0.2, 0.25) is 0 Å². The Kier molecular flexibility index (Phi) is 5.29. The van der Waals surface area contributed by atoms with Crippen molar-refractivity contribution in [3.8, 4) is 0 Å². The van der Waals surface area contributed by atoms with Crippen LogP contribution in [-0.4, -0.2) is 36.2 Å². The molecule has 0 saturated heterocycles. The SMILES string of the molecule is CCCC(SCC(=O)OC)C1OC(=O)C2=C1CCC=C2. The normalized spacial score (nSPS) is 22.5. The van der Waals surface area contributed by atoms with E-state index < -0.39 is 0 Å². The summed E-state index contributed by atoms with van der Waals surface area (Å²) in [5.41, 5.74) is 1.83. The Bertz CT molecular complexity index is 453. The van der Waals surface area contributed by atoms with Gasteiger partial charge in [-0.15, -0.1) is 11.8 Å². The molecule has 4 nitrogen and oxygen atoms in total. The highest BCUT2D eigenvalue weighted by molar-refractivity contribution is 8.00. The van der Waals surface area contributed by atoms with Crippen LogP contribution in [0.3, 0.4) is 0 Å². The van der Waals surface area contributed by atoms with E-state index in [2.05, 4.69) is 11.7 Å². The third-order valence-electron chi connectivity index (χ3n) is 3.56. The first-order valence-corrected chi connectivity index (χ1v) is 8.01. The van der Waals surface area contributed by atoms with E-state index in [0.717, 1.165) is 36.8 Å². The van der Waals surface area contributed by atoms with E-state index in [0.29, 0.717) is 5.75 Å². The molecule has 0 N–H and O–H groups in total. The van der Waals surface area contributed by atoms with Crippen molar-refractivity contribution >= 4 is 23.7 Å². The van der Waals surface area contributed by atoms with Crippen LogP contribution in [0.4, 0.5) is 0 Å². The van der Waals surface area contributed by atoms with Gasteiger partial charge >= 0.3 is 11.9 Å². The van der Waals surface area contributed by atoms with Crippen LogP contribution < -0.4 is 0 Å². The number of hydrogen-bond acceptors (Lipinski definition) is 5. The van der Waals surface area contributed by atoms with Gasteiger partial charge in [0, 0.05) is 5.25 Å². The fraction of sp³-hybridized carbons (Fsp3) is 0.600. The van der Waals surface area contributed by atoms with Crippen LogP contribution in [0.1, 0.15) is 32.6 Å². The third-order valence-corrected chi connectivity index (χ3v) is 4.88. The van der Waals surface area contributed by atoms with Gasteiger partial charge in [0.25, 0.3) is 0 Å². The van der Waals surface area contributed by atoms with Gasteiger partial charge in [-0.1, -0.05) is 25.5 Å². The first-order chi connectivity index (χ1) is 9.67. The number of hydrogen-bond donors (Lipinski definition) is 0. The molecule has 0 saturated carbocycles. The van der Waals surface area contributed by atoms with E-state index in [1.807, 2.05) is 12.2 Å². The van der Waals surface area contributed by atoms with Crippen LogP contribution in [-0.2, 0) is 19.1 Å². The molecule has 2 aliphatic rings. The van der Waals surface area contributed by atoms with Crippen LogP contribution in [0.5, 0.6) is 0 Å². The number of cyclic esters (lactones) is 1. The van der Waals surface area contributed by atoms with Crippen molar-refractivity contribution < 1.29 is 19.1 Å². The number of allylic oxidation sites excluding steroid dienone is 1. The maximum Gasteiger partial charge on any atom is 0.338 e. The number of esters is 2. The highest BCUT2D eigenvalue weighted by atomic mass is 32.2. The lowest BCUT2D eigenvalue weighted by atomic mass is 9.93. The Morgan fingerprint density at radius 2 is 2.40 bits per heavy atom. The molecular formula is C15H20O4S. The van der Waals surface area contributed by atoms with Crippen molar-refractivity contribution in [2.24, 2.45) is 0 Å². The molecule has 0 fully saturated rings. The summed E-state index contributed by atoms with van der Waals surface area (Å²) in [6.45, 7) is 2.10. The lowest BCUT2D eigenvalue weighted by Gasteiger charge is -2.24. The first-order valence-electron chi connectivity index (χ1n) is 6.96. The smallest absolute Gasteiger partial charge is 0.338 e. The summed E-state index contributed by atoms with van der Waals surface area (Å²) >= 11 is 1.52. The van der Waals surface area contributed by atoms with E-state index in [1.54, 1.807) is 0 Å². The molecule has 20 heavy (non-hydrogen) atoms. The first kappa shape index (κ1) is 15.2. The van der Waals surface area contributed by atoms with Crippen molar-refractivity contribution in [1.29, 1.82) is 0 Å². The van der Waals surface area contributed by atoms with E-state index in [9.17, 15) is 9.59 Å². The molecule has 2 atom stereocenters. The molecule has 0 radical (unpaired) electrons. The van der Waals surface area contributed by atoms with Gasteiger partial charge in [-0.05, 0) is 24.8 Å². The average Bonchev–Trinajstić information content (AvgIpc) is 2.81. The summed E-state index contributed by atoms with van der Waals surface area (Å²) in [5, 5.41) is 0.127. The molecule has 0 bridgehead atoms. The van der Waals surface area contributed by atoms with Gasteiger partial charge < -0.3 is 9.47 Å². The molecule has 1 aliphatic carbocycles. The molecule has 0 spiro atoms. The Labute approximate surface area is 123 Å². The third kappa shape index (κ3) is 3.26. The number of rotatable bonds is 6. The maximum atomic E-state index is 11.9. The van der Waals surface area contributed by atoms with Crippen LogP contribution in [0.15, 0.2) is 23.3 Å². The van der Waals surface area contributed by atoms with E-state index in [-0.39, 0.29) is 23.3 Å². The monoisotopic (exact) mass is 296 g/mol. The van der Waals surface area contributed by atoms with Gasteiger partial charge in [-0.3, -0.25) is 4.79 Å². The largest absolute Gasteiger partial charge is 0.468 e. The summed E-state index contributed by atoms with van der Waals surface area (Å²) in [6.07, 6.45) is 7.43. The van der Waals surface area contributed by atoms with Crippen molar-refractivity contribution in [2.75, 3.05) is 12.9 Å². The predicted molar refractivity (Wildman–Crippen MR) is 78.5 cm³/mol. The lowest BCUT2D eigenvalue weighted by molar-refractivity contribution is -0.139. The molecule has 2 unspecified atom stereocenters. The Morgan fingerprint density at radius 1 is 1.60 bits per heavy atom. The van der Waals surface area contributed by atoms with Gasteiger partial charge in [0.15, 0.2) is 0 Å². The van der Waals surface area contributed by atoms with Gasteiger partial charge in [0.2, 0.25) is 0 Å². The van der Waals surface area contributed by atoms with Gasteiger partial charge in [-0.25, -0.2) is 4.79 Å². The summed E-state index contributed by atoms with van der Waals surface area (Å²) in [5.74, 6) is -0.160. The van der Waals surface area contributed by atoms with E-state index in [4.69, 9.17) is 4.74 Å². The number of carbonyl (C=O) groups is 2.